The number of hydrogen-bond donors (Lipinski definition) is 1. The summed E-state index contributed by atoms with van der Waals surface area (Å²) in [6.07, 6.45) is 1.12. The molecule has 1 aromatic rings. The van der Waals surface area contributed by atoms with Crippen molar-refractivity contribution in [2.75, 3.05) is 5.75 Å². The molecule has 1 N–H and O–H groups in total. The number of fused-ring (bicyclic) bond motifs is 1. The molecule has 0 fully saturated rings. The fraction of sp³-hybridized carbons (Fsp3) is 0.286. The maximum Gasteiger partial charge on any atom is 0.348 e. The average molecular weight is 198 g/mol. The molecule has 0 bridgehead atoms. The minimum atomic E-state index is -1.04. The van der Waals surface area contributed by atoms with Crippen LogP contribution in [0.1, 0.15) is 10.4 Å². The third-order valence-electron chi connectivity index (χ3n) is 1.79. The van der Waals surface area contributed by atoms with Gasteiger partial charge >= 0.3 is 11.7 Å². The predicted octanol–water partition coefficient (Wildman–Crippen LogP) is 0.0472. The molecule has 1 aliphatic heterocycles. The summed E-state index contributed by atoms with van der Waals surface area (Å²) < 4.78 is 1.40. The first-order chi connectivity index (χ1) is 6.20. The zero-order chi connectivity index (χ0) is 9.42. The van der Waals surface area contributed by atoms with Gasteiger partial charge in [0.1, 0.15) is 5.56 Å². The van der Waals surface area contributed by atoms with E-state index in [2.05, 4.69) is 4.98 Å². The highest BCUT2D eigenvalue weighted by molar-refractivity contribution is 7.99. The van der Waals surface area contributed by atoms with E-state index >= 15 is 0 Å². The van der Waals surface area contributed by atoms with Crippen LogP contribution in [0, 0.1) is 0 Å². The predicted molar refractivity (Wildman–Crippen MR) is 46.2 cm³/mol. The van der Waals surface area contributed by atoms with Gasteiger partial charge in [-0.15, -0.1) is 11.8 Å². The molecule has 13 heavy (non-hydrogen) atoms. The Bertz CT molecular complexity index is 426. The Morgan fingerprint density at radius 3 is 3.15 bits per heavy atom. The van der Waals surface area contributed by atoms with E-state index in [4.69, 9.17) is 5.11 Å². The highest BCUT2D eigenvalue weighted by atomic mass is 32.2. The third-order valence-corrected chi connectivity index (χ3v) is 2.90. The van der Waals surface area contributed by atoms with E-state index in [0.29, 0.717) is 11.6 Å². The second kappa shape index (κ2) is 2.88. The SMILES string of the molecule is O=C(O)c1cnc(=O)n2c1SCC2. The summed E-state index contributed by atoms with van der Waals surface area (Å²) in [6, 6.07) is 0. The summed E-state index contributed by atoms with van der Waals surface area (Å²) in [5.74, 6) is -0.299. The Hall–Kier alpha value is -1.30. The van der Waals surface area contributed by atoms with Gasteiger partial charge in [-0.2, -0.15) is 0 Å². The molecule has 0 aliphatic carbocycles. The van der Waals surface area contributed by atoms with Crippen LogP contribution in [0.3, 0.4) is 0 Å². The molecule has 0 spiro atoms. The van der Waals surface area contributed by atoms with Gasteiger partial charge in [0.15, 0.2) is 0 Å². The highest BCUT2D eigenvalue weighted by Crippen LogP contribution is 2.26. The lowest BCUT2D eigenvalue weighted by Gasteiger charge is -2.02. The molecule has 0 saturated carbocycles. The molecule has 5 nitrogen and oxygen atoms in total. The molecule has 6 heteroatoms. The molecule has 0 saturated heterocycles. The topological polar surface area (TPSA) is 72.2 Å². The first kappa shape index (κ1) is 8.31. The molecule has 1 aromatic heterocycles. The van der Waals surface area contributed by atoms with Gasteiger partial charge in [-0.3, -0.25) is 4.57 Å². The number of hydrogen-bond acceptors (Lipinski definition) is 4. The summed E-state index contributed by atoms with van der Waals surface area (Å²) in [5, 5.41) is 9.29. The average Bonchev–Trinajstić information content (AvgIpc) is 2.53. The number of aromatic nitrogens is 2. The second-order valence-corrected chi connectivity index (χ2v) is 3.65. The molecule has 2 rings (SSSR count). The number of aromatic carboxylic acids is 1. The van der Waals surface area contributed by atoms with Gasteiger partial charge in [0.2, 0.25) is 0 Å². The van der Waals surface area contributed by atoms with Crippen LogP contribution in [0.25, 0.3) is 0 Å². The zero-order valence-corrected chi connectivity index (χ0v) is 7.37. The van der Waals surface area contributed by atoms with Crippen molar-refractivity contribution in [2.45, 2.75) is 11.6 Å². The molecule has 0 unspecified atom stereocenters. The molecule has 0 radical (unpaired) electrons. The molecule has 0 atom stereocenters. The highest BCUT2D eigenvalue weighted by Gasteiger charge is 2.20. The van der Waals surface area contributed by atoms with E-state index in [1.54, 1.807) is 0 Å². The van der Waals surface area contributed by atoms with Gasteiger partial charge < -0.3 is 5.11 Å². The number of nitrogens with zero attached hydrogens (tertiary/aromatic N) is 2. The monoisotopic (exact) mass is 198 g/mol. The Morgan fingerprint density at radius 1 is 1.69 bits per heavy atom. The van der Waals surface area contributed by atoms with Crippen molar-refractivity contribution in [3.63, 3.8) is 0 Å². The first-order valence-electron chi connectivity index (χ1n) is 3.66. The Morgan fingerprint density at radius 2 is 2.46 bits per heavy atom. The quantitative estimate of drug-likeness (QED) is 0.645. The maximum absolute atomic E-state index is 11.1. The van der Waals surface area contributed by atoms with E-state index in [-0.39, 0.29) is 11.3 Å². The molecular weight excluding hydrogens is 192 g/mol. The Labute approximate surface area is 77.4 Å². The lowest BCUT2D eigenvalue weighted by atomic mass is 10.3. The van der Waals surface area contributed by atoms with Gasteiger partial charge in [-0.25, -0.2) is 14.6 Å². The number of carboxylic acid groups (broad SMARTS) is 1. The van der Waals surface area contributed by atoms with Crippen LogP contribution in [-0.4, -0.2) is 26.4 Å². The maximum atomic E-state index is 11.1. The van der Waals surface area contributed by atoms with Crippen molar-refractivity contribution >= 4 is 17.7 Å². The van der Waals surface area contributed by atoms with Gasteiger partial charge in [-0.05, 0) is 0 Å². The van der Waals surface area contributed by atoms with Crippen LogP contribution in [-0.2, 0) is 6.54 Å². The zero-order valence-electron chi connectivity index (χ0n) is 6.56. The van der Waals surface area contributed by atoms with Crippen molar-refractivity contribution < 1.29 is 9.90 Å². The Balaban J connectivity index is 2.69. The normalized spacial score (nSPS) is 14.2. The van der Waals surface area contributed by atoms with Crippen LogP contribution in [0.15, 0.2) is 16.0 Å². The third kappa shape index (κ3) is 1.23. The minimum absolute atomic E-state index is 0.113. The number of thioether (sulfide) groups is 1. The molecule has 0 aromatic carbocycles. The van der Waals surface area contributed by atoms with Crippen molar-refractivity contribution in [1.82, 2.24) is 9.55 Å². The largest absolute Gasteiger partial charge is 0.478 e. The van der Waals surface area contributed by atoms with E-state index < -0.39 is 5.97 Å². The summed E-state index contributed by atoms with van der Waals surface area (Å²) >= 11 is 1.38. The van der Waals surface area contributed by atoms with Crippen molar-refractivity contribution in [2.24, 2.45) is 0 Å². The van der Waals surface area contributed by atoms with Crippen LogP contribution < -0.4 is 5.69 Å². The number of carbonyl (C=O) groups is 1. The molecule has 68 valence electrons. The van der Waals surface area contributed by atoms with E-state index in [9.17, 15) is 9.59 Å². The summed E-state index contributed by atoms with van der Waals surface area (Å²) in [5.41, 5.74) is -0.257. The van der Waals surface area contributed by atoms with Crippen LogP contribution >= 0.6 is 11.8 Å². The molecule has 1 aliphatic rings. The molecule has 0 amide bonds. The summed E-state index contributed by atoms with van der Waals surface area (Å²) in [6.45, 7) is 0.549. The van der Waals surface area contributed by atoms with Crippen LogP contribution in [0.4, 0.5) is 0 Å². The smallest absolute Gasteiger partial charge is 0.348 e. The lowest BCUT2D eigenvalue weighted by Crippen LogP contribution is -2.23. The fourth-order valence-corrected chi connectivity index (χ4v) is 2.30. The van der Waals surface area contributed by atoms with Crippen LogP contribution in [0.2, 0.25) is 0 Å². The number of rotatable bonds is 1. The van der Waals surface area contributed by atoms with Gasteiger partial charge in [0, 0.05) is 18.5 Å². The fourth-order valence-electron chi connectivity index (χ4n) is 1.21. The summed E-state index contributed by atoms with van der Waals surface area (Å²) in [7, 11) is 0. The van der Waals surface area contributed by atoms with Crippen LogP contribution in [0.5, 0.6) is 0 Å². The van der Waals surface area contributed by atoms with E-state index in [1.165, 1.54) is 16.3 Å². The molecule has 2 heterocycles. The lowest BCUT2D eigenvalue weighted by molar-refractivity contribution is 0.0690. The van der Waals surface area contributed by atoms with Gasteiger partial charge in [0.25, 0.3) is 0 Å². The standard InChI is InChI=1S/C7H6N2O3S/c10-6(11)4-3-8-7(12)9-1-2-13-5(4)9/h3H,1-2H2,(H,10,11). The second-order valence-electron chi connectivity index (χ2n) is 2.56. The minimum Gasteiger partial charge on any atom is -0.478 e. The van der Waals surface area contributed by atoms with E-state index in [1.807, 2.05) is 0 Å². The van der Waals surface area contributed by atoms with Crippen molar-refractivity contribution in [1.29, 1.82) is 0 Å². The van der Waals surface area contributed by atoms with Gasteiger partial charge in [0.05, 0.1) is 5.03 Å². The Kier molecular flexibility index (Phi) is 1.84. The number of carboxylic acids is 1. The van der Waals surface area contributed by atoms with E-state index in [0.717, 1.165) is 11.9 Å². The summed E-state index contributed by atoms with van der Waals surface area (Å²) in [4.78, 5) is 25.3. The van der Waals surface area contributed by atoms with Crippen molar-refractivity contribution in [3.05, 3.63) is 22.2 Å². The molecular formula is C7H6N2O3S. The first-order valence-corrected chi connectivity index (χ1v) is 4.64. The van der Waals surface area contributed by atoms with Crippen molar-refractivity contribution in [3.8, 4) is 0 Å². The van der Waals surface area contributed by atoms with Gasteiger partial charge in [-0.1, -0.05) is 0 Å².